The Kier molecular flexibility index (Phi) is 5.49. The van der Waals surface area contributed by atoms with Gasteiger partial charge in [-0.2, -0.15) is 0 Å². The minimum absolute atomic E-state index is 0.0503. The standard InChI is InChI=1S/C21H31NO3/c1-20(2)13-8-14-22(20)15-16-25-19(23)21(24,18-11-6-7-12-18)17-9-4-3-5-10-17/h3-5,9-10,18,24H,6-8,11-16H2,1-2H3. The first-order valence-corrected chi connectivity index (χ1v) is 9.65. The third-order valence-electron chi connectivity index (χ3n) is 6.14. The van der Waals surface area contributed by atoms with Gasteiger partial charge in [-0.15, -0.1) is 0 Å². The number of carbonyl (C=O) groups is 1. The van der Waals surface area contributed by atoms with Crippen LogP contribution in [0.4, 0.5) is 0 Å². The summed E-state index contributed by atoms with van der Waals surface area (Å²) in [4.78, 5) is 15.3. The van der Waals surface area contributed by atoms with Crippen molar-refractivity contribution in [2.75, 3.05) is 19.7 Å². The normalized spacial score (nSPS) is 23.5. The molecular formula is C21H31NO3. The molecule has 2 aliphatic rings. The molecule has 4 nitrogen and oxygen atoms in total. The van der Waals surface area contributed by atoms with Crippen molar-refractivity contribution in [3.8, 4) is 0 Å². The number of carbonyl (C=O) groups excluding carboxylic acids is 1. The number of esters is 1. The van der Waals surface area contributed by atoms with Crippen LogP contribution in [0.1, 0.15) is 57.9 Å². The smallest absolute Gasteiger partial charge is 0.343 e. The fourth-order valence-corrected chi connectivity index (χ4v) is 4.49. The van der Waals surface area contributed by atoms with Crippen LogP contribution in [0.15, 0.2) is 30.3 Å². The number of aliphatic hydroxyl groups is 1. The van der Waals surface area contributed by atoms with E-state index in [0.29, 0.717) is 12.2 Å². The Morgan fingerprint density at radius 1 is 1.24 bits per heavy atom. The number of likely N-dealkylation sites (tertiary alicyclic amines) is 1. The summed E-state index contributed by atoms with van der Waals surface area (Å²) in [6.07, 6.45) is 6.25. The molecule has 138 valence electrons. The Balaban J connectivity index is 1.67. The first-order valence-electron chi connectivity index (χ1n) is 9.65. The summed E-state index contributed by atoms with van der Waals surface area (Å²) in [5.74, 6) is -0.534. The van der Waals surface area contributed by atoms with E-state index in [9.17, 15) is 9.90 Å². The lowest BCUT2D eigenvalue weighted by atomic mass is 9.80. The molecule has 1 aromatic rings. The molecule has 4 heteroatoms. The highest BCUT2D eigenvalue weighted by molar-refractivity contribution is 5.81. The lowest BCUT2D eigenvalue weighted by Crippen LogP contribution is -2.45. The highest BCUT2D eigenvalue weighted by Crippen LogP contribution is 2.41. The second-order valence-corrected chi connectivity index (χ2v) is 8.15. The van der Waals surface area contributed by atoms with Crippen LogP contribution in [0.5, 0.6) is 0 Å². The van der Waals surface area contributed by atoms with E-state index < -0.39 is 11.6 Å². The molecule has 0 spiro atoms. The molecule has 3 rings (SSSR count). The SMILES string of the molecule is CC1(C)CCCN1CCOC(=O)C(O)(c1ccccc1)C1CCCC1. The van der Waals surface area contributed by atoms with Crippen molar-refractivity contribution in [1.82, 2.24) is 4.90 Å². The predicted molar refractivity (Wildman–Crippen MR) is 98.1 cm³/mol. The van der Waals surface area contributed by atoms with Gasteiger partial charge in [-0.25, -0.2) is 4.79 Å². The molecule has 0 amide bonds. The molecule has 0 bridgehead atoms. The average molecular weight is 345 g/mol. The number of hydrogen-bond acceptors (Lipinski definition) is 4. The summed E-state index contributed by atoms with van der Waals surface area (Å²) in [6.45, 7) is 6.59. The van der Waals surface area contributed by atoms with Crippen LogP contribution >= 0.6 is 0 Å². The Hall–Kier alpha value is -1.39. The van der Waals surface area contributed by atoms with Crippen molar-refractivity contribution in [3.63, 3.8) is 0 Å². The van der Waals surface area contributed by atoms with Crippen LogP contribution in [0, 0.1) is 5.92 Å². The maximum atomic E-state index is 12.9. The lowest BCUT2D eigenvalue weighted by Gasteiger charge is -2.34. The summed E-state index contributed by atoms with van der Waals surface area (Å²) >= 11 is 0. The van der Waals surface area contributed by atoms with Crippen molar-refractivity contribution >= 4 is 5.97 Å². The Morgan fingerprint density at radius 2 is 1.92 bits per heavy atom. The Morgan fingerprint density at radius 3 is 2.52 bits per heavy atom. The van der Waals surface area contributed by atoms with Gasteiger partial charge in [-0.3, -0.25) is 4.90 Å². The van der Waals surface area contributed by atoms with E-state index in [1.807, 2.05) is 30.3 Å². The van der Waals surface area contributed by atoms with Crippen molar-refractivity contribution in [2.45, 2.75) is 63.5 Å². The molecular weight excluding hydrogens is 314 g/mol. The van der Waals surface area contributed by atoms with Crippen molar-refractivity contribution < 1.29 is 14.6 Å². The Labute approximate surface area is 151 Å². The number of nitrogens with zero attached hydrogens (tertiary/aromatic N) is 1. The van der Waals surface area contributed by atoms with E-state index in [4.69, 9.17) is 4.74 Å². The molecule has 1 aromatic carbocycles. The lowest BCUT2D eigenvalue weighted by molar-refractivity contribution is -0.174. The molecule has 1 N–H and O–H groups in total. The first-order chi connectivity index (χ1) is 11.9. The van der Waals surface area contributed by atoms with Crippen LogP contribution in [-0.4, -0.2) is 41.2 Å². The molecule has 0 radical (unpaired) electrons. The van der Waals surface area contributed by atoms with Crippen molar-refractivity contribution in [3.05, 3.63) is 35.9 Å². The molecule has 0 aromatic heterocycles. The van der Waals surface area contributed by atoms with Gasteiger partial charge in [0, 0.05) is 18.0 Å². The molecule has 1 aliphatic heterocycles. The van der Waals surface area contributed by atoms with Crippen LogP contribution in [0.25, 0.3) is 0 Å². The van der Waals surface area contributed by atoms with E-state index in [-0.39, 0.29) is 11.5 Å². The van der Waals surface area contributed by atoms with Crippen LogP contribution in [0.2, 0.25) is 0 Å². The fraction of sp³-hybridized carbons (Fsp3) is 0.667. The van der Waals surface area contributed by atoms with Gasteiger partial charge in [0.15, 0.2) is 5.60 Å². The maximum absolute atomic E-state index is 12.9. The molecule has 1 atom stereocenters. The Bertz CT molecular complexity index is 580. The third-order valence-corrected chi connectivity index (χ3v) is 6.14. The van der Waals surface area contributed by atoms with E-state index >= 15 is 0 Å². The highest BCUT2D eigenvalue weighted by atomic mass is 16.5. The second-order valence-electron chi connectivity index (χ2n) is 8.15. The number of benzene rings is 1. The minimum atomic E-state index is -1.52. The predicted octanol–water partition coefficient (Wildman–Crippen LogP) is 3.48. The van der Waals surface area contributed by atoms with Crippen LogP contribution in [0.3, 0.4) is 0 Å². The van der Waals surface area contributed by atoms with E-state index in [1.54, 1.807) is 0 Å². The van der Waals surface area contributed by atoms with Crippen molar-refractivity contribution in [1.29, 1.82) is 0 Å². The highest BCUT2D eigenvalue weighted by Gasteiger charge is 2.47. The third kappa shape index (κ3) is 3.75. The van der Waals surface area contributed by atoms with Gasteiger partial charge >= 0.3 is 5.97 Å². The van der Waals surface area contributed by atoms with E-state index in [0.717, 1.165) is 38.8 Å². The molecule has 1 aliphatic carbocycles. The summed E-state index contributed by atoms with van der Waals surface area (Å²) in [6, 6.07) is 9.32. The van der Waals surface area contributed by atoms with Gasteiger partial charge in [0.2, 0.25) is 0 Å². The zero-order valence-electron chi connectivity index (χ0n) is 15.5. The monoisotopic (exact) mass is 345 g/mol. The molecule has 2 fully saturated rings. The van der Waals surface area contributed by atoms with Gasteiger partial charge in [0.1, 0.15) is 6.61 Å². The minimum Gasteiger partial charge on any atom is -0.462 e. The number of rotatable bonds is 6. The number of hydrogen-bond donors (Lipinski definition) is 1. The van der Waals surface area contributed by atoms with Gasteiger partial charge in [-0.05, 0) is 51.6 Å². The first kappa shape index (κ1) is 18.4. The van der Waals surface area contributed by atoms with Crippen molar-refractivity contribution in [2.24, 2.45) is 5.92 Å². The maximum Gasteiger partial charge on any atom is 0.343 e. The fourth-order valence-electron chi connectivity index (χ4n) is 4.49. The van der Waals surface area contributed by atoms with E-state index in [2.05, 4.69) is 18.7 Å². The van der Waals surface area contributed by atoms with E-state index in [1.165, 1.54) is 12.8 Å². The molecule has 1 unspecified atom stereocenters. The molecule has 1 saturated heterocycles. The quantitative estimate of drug-likeness (QED) is 0.802. The van der Waals surface area contributed by atoms with Crippen LogP contribution in [-0.2, 0) is 15.1 Å². The molecule has 1 saturated carbocycles. The second kappa shape index (κ2) is 7.46. The van der Waals surface area contributed by atoms with Gasteiger partial charge in [0.25, 0.3) is 0 Å². The summed E-state index contributed by atoms with van der Waals surface area (Å²) in [5, 5.41) is 11.4. The zero-order valence-corrected chi connectivity index (χ0v) is 15.5. The molecule has 1 heterocycles. The number of ether oxygens (including phenoxy) is 1. The van der Waals surface area contributed by atoms with Gasteiger partial charge in [0.05, 0.1) is 0 Å². The topological polar surface area (TPSA) is 49.8 Å². The van der Waals surface area contributed by atoms with Crippen LogP contribution < -0.4 is 0 Å². The zero-order chi connectivity index (χ0) is 17.9. The van der Waals surface area contributed by atoms with Gasteiger partial charge in [-0.1, -0.05) is 43.2 Å². The molecule has 25 heavy (non-hydrogen) atoms. The average Bonchev–Trinajstić information content (AvgIpc) is 3.25. The van der Waals surface area contributed by atoms with Gasteiger partial charge < -0.3 is 9.84 Å². The summed E-state index contributed by atoms with van der Waals surface area (Å²) in [7, 11) is 0. The largest absolute Gasteiger partial charge is 0.462 e. The summed E-state index contributed by atoms with van der Waals surface area (Å²) in [5.41, 5.74) is -0.681. The summed E-state index contributed by atoms with van der Waals surface area (Å²) < 4.78 is 5.60.